The van der Waals surface area contributed by atoms with Crippen molar-refractivity contribution < 1.29 is 9.53 Å². The van der Waals surface area contributed by atoms with Crippen LogP contribution in [0.4, 0.5) is 0 Å². The first-order valence-electron chi connectivity index (χ1n) is 9.30. The van der Waals surface area contributed by atoms with Crippen LogP contribution >= 0.6 is 15.9 Å². The van der Waals surface area contributed by atoms with Gasteiger partial charge in [-0.2, -0.15) is 0 Å². The van der Waals surface area contributed by atoms with Gasteiger partial charge < -0.3 is 4.74 Å². The van der Waals surface area contributed by atoms with Gasteiger partial charge in [0.05, 0.1) is 5.41 Å². The zero-order chi connectivity index (χ0) is 17.1. The lowest BCUT2D eigenvalue weighted by Crippen LogP contribution is -2.56. The molecule has 4 saturated carbocycles. The fraction of sp³-hybridized carbons (Fsp3) is 0.667. The van der Waals surface area contributed by atoms with Crippen molar-refractivity contribution in [2.45, 2.75) is 69.5 Å². The van der Waals surface area contributed by atoms with Crippen molar-refractivity contribution >= 4 is 21.9 Å². The monoisotopic (exact) mass is 390 g/mol. The molecular weight excluding hydrogens is 364 g/mol. The summed E-state index contributed by atoms with van der Waals surface area (Å²) in [7, 11) is 0. The predicted octanol–water partition coefficient (Wildman–Crippen LogP) is 5.76. The van der Waals surface area contributed by atoms with Gasteiger partial charge in [-0.15, -0.1) is 0 Å². The molecular formula is C21H27BrO2. The molecule has 0 radical (unpaired) electrons. The van der Waals surface area contributed by atoms with Gasteiger partial charge in [-0.1, -0.05) is 35.8 Å². The number of alkyl halides is 1. The highest BCUT2D eigenvalue weighted by molar-refractivity contribution is 9.10. The van der Waals surface area contributed by atoms with Crippen molar-refractivity contribution in [1.29, 1.82) is 0 Å². The van der Waals surface area contributed by atoms with Crippen LogP contribution in [-0.4, -0.2) is 10.3 Å². The number of benzene rings is 1. The van der Waals surface area contributed by atoms with Gasteiger partial charge in [-0.25, -0.2) is 0 Å². The molecule has 24 heavy (non-hydrogen) atoms. The van der Waals surface area contributed by atoms with Gasteiger partial charge in [0.15, 0.2) is 0 Å². The molecule has 0 spiro atoms. The fourth-order valence-corrected chi connectivity index (χ4v) is 7.42. The molecule has 5 rings (SSSR count). The van der Waals surface area contributed by atoms with Crippen LogP contribution in [0.5, 0.6) is 5.75 Å². The number of ether oxygens (including phenoxy) is 1. The first-order valence-corrected chi connectivity index (χ1v) is 10.1. The predicted molar refractivity (Wildman–Crippen MR) is 99.7 cm³/mol. The quantitative estimate of drug-likeness (QED) is 0.372. The second-order valence-corrected chi connectivity index (χ2v) is 10.6. The van der Waals surface area contributed by atoms with E-state index in [0.29, 0.717) is 23.5 Å². The largest absolute Gasteiger partial charge is 0.426 e. The van der Waals surface area contributed by atoms with E-state index in [2.05, 4.69) is 42.8 Å². The van der Waals surface area contributed by atoms with Gasteiger partial charge in [0.2, 0.25) is 0 Å². The minimum absolute atomic E-state index is 0.0112. The van der Waals surface area contributed by atoms with E-state index in [-0.39, 0.29) is 15.7 Å². The summed E-state index contributed by atoms with van der Waals surface area (Å²) in [6, 6.07) is 6.09. The summed E-state index contributed by atoms with van der Waals surface area (Å²) in [5, 5.41) is 0. The lowest BCUT2D eigenvalue weighted by Gasteiger charge is -2.58. The molecule has 4 fully saturated rings. The smallest absolute Gasteiger partial charge is 0.317 e. The van der Waals surface area contributed by atoms with E-state index in [1.54, 1.807) is 0 Å². The number of halogens is 1. The van der Waals surface area contributed by atoms with E-state index in [1.165, 1.54) is 30.4 Å². The van der Waals surface area contributed by atoms with Crippen LogP contribution in [-0.2, 0) is 4.79 Å². The third-order valence-electron chi connectivity index (χ3n) is 6.50. The Labute approximate surface area is 153 Å². The molecule has 4 bridgehead atoms. The maximum absolute atomic E-state index is 13.1. The van der Waals surface area contributed by atoms with Gasteiger partial charge in [0.1, 0.15) is 5.75 Å². The lowest BCUT2D eigenvalue weighted by molar-refractivity contribution is -0.159. The Balaban J connectivity index is 1.55. The third kappa shape index (κ3) is 2.73. The van der Waals surface area contributed by atoms with Crippen molar-refractivity contribution in [2.75, 3.05) is 0 Å². The normalized spacial score (nSPS) is 37.0. The Hall–Kier alpha value is -0.830. The van der Waals surface area contributed by atoms with Gasteiger partial charge in [-0.05, 0) is 86.5 Å². The number of carbonyl (C=O) groups excluding carboxylic acids is 1. The number of hydrogen-bond acceptors (Lipinski definition) is 2. The molecule has 4 aliphatic rings. The molecule has 0 amide bonds. The molecule has 2 nitrogen and oxygen atoms in total. The van der Waals surface area contributed by atoms with Crippen LogP contribution in [0.25, 0.3) is 0 Å². The first-order chi connectivity index (χ1) is 11.3. The number of esters is 1. The summed E-state index contributed by atoms with van der Waals surface area (Å²) in [5.74, 6) is 2.61. The summed E-state index contributed by atoms with van der Waals surface area (Å²) in [6.45, 7) is 6.49. The van der Waals surface area contributed by atoms with Gasteiger partial charge in [0, 0.05) is 4.32 Å². The Morgan fingerprint density at radius 1 is 1.21 bits per heavy atom. The summed E-state index contributed by atoms with van der Waals surface area (Å²) >= 11 is 3.98. The summed E-state index contributed by atoms with van der Waals surface area (Å²) < 4.78 is 6.09. The molecule has 2 unspecified atom stereocenters. The van der Waals surface area contributed by atoms with Crippen molar-refractivity contribution in [3.05, 3.63) is 29.3 Å². The van der Waals surface area contributed by atoms with Crippen LogP contribution in [0, 0.1) is 24.2 Å². The van der Waals surface area contributed by atoms with E-state index in [9.17, 15) is 4.79 Å². The molecule has 4 aliphatic carbocycles. The maximum Gasteiger partial charge on any atom is 0.317 e. The fourth-order valence-electron chi connectivity index (χ4n) is 5.96. The van der Waals surface area contributed by atoms with Crippen LogP contribution in [0.1, 0.15) is 69.4 Å². The Morgan fingerprint density at radius 3 is 2.42 bits per heavy atom. The average molecular weight is 391 g/mol. The SMILES string of the molecule is Cc1cc(OC(=O)C23C[C@@H]4C[C@@H](CC(Br)(C4)C2)C3)ccc1C(C)C. The van der Waals surface area contributed by atoms with Crippen molar-refractivity contribution in [3.8, 4) is 5.75 Å². The molecule has 3 heteroatoms. The van der Waals surface area contributed by atoms with Crippen molar-refractivity contribution in [1.82, 2.24) is 0 Å². The molecule has 130 valence electrons. The van der Waals surface area contributed by atoms with Crippen molar-refractivity contribution in [2.24, 2.45) is 17.3 Å². The zero-order valence-corrected chi connectivity index (χ0v) is 16.5. The molecule has 0 saturated heterocycles. The number of carbonyl (C=O) groups is 1. The van der Waals surface area contributed by atoms with Gasteiger partial charge >= 0.3 is 5.97 Å². The lowest BCUT2D eigenvalue weighted by atomic mass is 9.49. The summed E-state index contributed by atoms with van der Waals surface area (Å²) in [5.41, 5.74) is 2.28. The van der Waals surface area contributed by atoms with E-state index >= 15 is 0 Å². The molecule has 0 heterocycles. The second kappa shape index (κ2) is 5.59. The minimum Gasteiger partial charge on any atom is -0.426 e. The molecule has 0 N–H and O–H groups in total. The Morgan fingerprint density at radius 2 is 1.88 bits per heavy atom. The topological polar surface area (TPSA) is 26.3 Å². The van der Waals surface area contributed by atoms with Gasteiger partial charge in [-0.3, -0.25) is 4.79 Å². The third-order valence-corrected chi connectivity index (χ3v) is 7.42. The van der Waals surface area contributed by atoms with Crippen LogP contribution in [0.3, 0.4) is 0 Å². The molecule has 1 aromatic rings. The highest BCUT2D eigenvalue weighted by Crippen LogP contribution is 2.64. The number of aryl methyl sites for hydroxylation is 1. The van der Waals surface area contributed by atoms with E-state index in [1.807, 2.05) is 12.1 Å². The van der Waals surface area contributed by atoms with E-state index < -0.39 is 0 Å². The molecule has 0 aromatic heterocycles. The first kappa shape index (κ1) is 16.6. The van der Waals surface area contributed by atoms with Crippen LogP contribution in [0.2, 0.25) is 0 Å². The summed E-state index contributed by atoms with van der Waals surface area (Å²) in [6.07, 6.45) is 6.79. The number of rotatable bonds is 3. The van der Waals surface area contributed by atoms with E-state index in [4.69, 9.17) is 4.74 Å². The van der Waals surface area contributed by atoms with Crippen LogP contribution in [0.15, 0.2) is 18.2 Å². The highest BCUT2D eigenvalue weighted by atomic mass is 79.9. The second-order valence-electron chi connectivity index (χ2n) is 8.95. The van der Waals surface area contributed by atoms with Gasteiger partial charge in [0.25, 0.3) is 0 Å². The number of hydrogen-bond donors (Lipinski definition) is 0. The Kier molecular flexibility index (Phi) is 3.87. The van der Waals surface area contributed by atoms with Crippen molar-refractivity contribution in [3.63, 3.8) is 0 Å². The molecule has 0 aliphatic heterocycles. The average Bonchev–Trinajstić information content (AvgIpc) is 2.44. The Bertz CT molecular complexity index is 664. The summed E-state index contributed by atoms with van der Waals surface area (Å²) in [4.78, 5) is 13.1. The zero-order valence-electron chi connectivity index (χ0n) is 14.9. The molecule has 1 aromatic carbocycles. The highest BCUT2D eigenvalue weighted by Gasteiger charge is 2.60. The maximum atomic E-state index is 13.1. The van der Waals surface area contributed by atoms with Crippen LogP contribution < -0.4 is 4.74 Å². The molecule has 4 atom stereocenters. The van der Waals surface area contributed by atoms with E-state index in [0.717, 1.165) is 19.3 Å². The standard InChI is InChI=1S/C21H27BrO2/c1-13(2)18-5-4-17(6-14(18)3)24-19(23)20-8-15-7-16(9-20)11-21(22,10-15)12-20/h4-6,13,15-16H,7-12H2,1-3H3/t15-,16+,20?,21?. The minimum atomic E-state index is -0.252.